The van der Waals surface area contributed by atoms with Gasteiger partial charge < -0.3 is 5.32 Å². The fraction of sp³-hybridized carbons (Fsp3) is 0.333. The van der Waals surface area contributed by atoms with E-state index in [1.165, 1.54) is 16.9 Å². The maximum absolute atomic E-state index is 3.67. The number of benzene rings is 2. The van der Waals surface area contributed by atoms with Crippen LogP contribution in [0, 0.1) is 0 Å². The normalized spacial score (nSPS) is 12.2. The van der Waals surface area contributed by atoms with Crippen LogP contribution in [-0.2, 0) is 6.42 Å². The van der Waals surface area contributed by atoms with E-state index in [4.69, 9.17) is 0 Å². The zero-order valence-corrected chi connectivity index (χ0v) is 12.9. The van der Waals surface area contributed by atoms with Gasteiger partial charge in [-0.25, -0.2) is 0 Å². The fourth-order valence-corrected chi connectivity index (χ4v) is 3.13. The Morgan fingerprint density at radius 2 is 1.60 bits per heavy atom. The molecule has 20 heavy (non-hydrogen) atoms. The molecule has 1 nitrogen and oxygen atoms in total. The molecule has 0 aromatic heterocycles. The van der Waals surface area contributed by atoms with Crippen molar-refractivity contribution in [1.82, 2.24) is 5.32 Å². The molecule has 2 heteroatoms. The minimum atomic E-state index is 0.530. The van der Waals surface area contributed by atoms with Crippen LogP contribution in [-0.4, -0.2) is 18.3 Å². The molecule has 0 bridgehead atoms. The van der Waals surface area contributed by atoms with Crippen LogP contribution in [0.15, 0.2) is 65.6 Å². The van der Waals surface area contributed by atoms with E-state index in [-0.39, 0.29) is 0 Å². The highest BCUT2D eigenvalue weighted by Crippen LogP contribution is 2.19. The molecule has 0 radical (unpaired) electrons. The first kappa shape index (κ1) is 15.1. The summed E-state index contributed by atoms with van der Waals surface area (Å²) in [5.74, 6) is 1.11. The molecule has 0 fully saturated rings. The van der Waals surface area contributed by atoms with Gasteiger partial charge in [0.05, 0.1) is 0 Å². The van der Waals surface area contributed by atoms with E-state index >= 15 is 0 Å². The maximum Gasteiger partial charge on any atom is 0.0202 e. The summed E-state index contributed by atoms with van der Waals surface area (Å²) >= 11 is 1.94. The molecule has 2 rings (SSSR count). The average molecular weight is 285 g/mol. The standard InChI is InChI=1S/C18H23NS/c1-2-13-19-17(14-16-9-5-3-6-10-16)15-20-18-11-7-4-8-12-18/h3-12,17,19H,2,13-15H2,1H3. The van der Waals surface area contributed by atoms with Crippen molar-refractivity contribution in [2.75, 3.05) is 12.3 Å². The Morgan fingerprint density at radius 1 is 0.950 bits per heavy atom. The second-order valence-electron chi connectivity index (χ2n) is 4.96. The average Bonchev–Trinajstić information content (AvgIpc) is 2.52. The van der Waals surface area contributed by atoms with Gasteiger partial charge in [-0.3, -0.25) is 0 Å². The number of rotatable bonds is 8. The van der Waals surface area contributed by atoms with Crippen LogP contribution < -0.4 is 5.32 Å². The van der Waals surface area contributed by atoms with Crippen molar-refractivity contribution in [1.29, 1.82) is 0 Å². The molecule has 0 aliphatic heterocycles. The zero-order chi connectivity index (χ0) is 14.0. The minimum absolute atomic E-state index is 0.530. The van der Waals surface area contributed by atoms with Crippen LogP contribution in [0.4, 0.5) is 0 Å². The zero-order valence-electron chi connectivity index (χ0n) is 12.1. The topological polar surface area (TPSA) is 12.0 Å². The van der Waals surface area contributed by atoms with Crippen molar-refractivity contribution in [3.8, 4) is 0 Å². The third kappa shape index (κ3) is 5.40. The van der Waals surface area contributed by atoms with Crippen LogP contribution in [0.3, 0.4) is 0 Å². The summed E-state index contributed by atoms with van der Waals surface area (Å²) < 4.78 is 0. The second-order valence-corrected chi connectivity index (χ2v) is 6.06. The lowest BCUT2D eigenvalue weighted by molar-refractivity contribution is 0.550. The van der Waals surface area contributed by atoms with Crippen molar-refractivity contribution in [2.24, 2.45) is 0 Å². The van der Waals surface area contributed by atoms with Crippen molar-refractivity contribution >= 4 is 11.8 Å². The van der Waals surface area contributed by atoms with Crippen LogP contribution >= 0.6 is 11.8 Å². The fourth-order valence-electron chi connectivity index (χ4n) is 2.15. The largest absolute Gasteiger partial charge is 0.313 e. The first-order valence-electron chi connectivity index (χ1n) is 7.33. The van der Waals surface area contributed by atoms with Crippen molar-refractivity contribution in [3.63, 3.8) is 0 Å². The monoisotopic (exact) mass is 285 g/mol. The van der Waals surface area contributed by atoms with Gasteiger partial charge in [0.15, 0.2) is 0 Å². The highest BCUT2D eigenvalue weighted by Gasteiger charge is 2.09. The van der Waals surface area contributed by atoms with Gasteiger partial charge in [-0.1, -0.05) is 55.5 Å². The molecule has 1 atom stereocenters. The highest BCUT2D eigenvalue weighted by molar-refractivity contribution is 7.99. The Morgan fingerprint density at radius 3 is 2.25 bits per heavy atom. The van der Waals surface area contributed by atoms with E-state index in [0.717, 1.165) is 18.7 Å². The molecule has 2 aromatic carbocycles. The molecule has 0 saturated carbocycles. The Labute approximate surface area is 126 Å². The van der Waals surface area contributed by atoms with Crippen molar-refractivity contribution in [3.05, 3.63) is 66.2 Å². The van der Waals surface area contributed by atoms with Crippen LogP contribution in [0.5, 0.6) is 0 Å². The molecule has 106 valence electrons. The lowest BCUT2D eigenvalue weighted by Crippen LogP contribution is -2.34. The minimum Gasteiger partial charge on any atom is -0.313 e. The molecule has 0 aliphatic carbocycles. The Balaban J connectivity index is 1.89. The van der Waals surface area contributed by atoms with E-state index in [1.54, 1.807) is 0 Å². The van der Waals surface area contributed by atoms with Gasteiger partial charge in [-0.2, -0.15) is 0 Å². The Bertz CT molecular complexity index is 469. The molecule has 1 N–H and O–H groups in total. The Hall–Kier alpha value is -1.25. The Kier molecular flexibility index (Phi) is 6.69. The van der Waals surface area contributed by atoms with E-state index in [0.29, 0.717) is 6.04 Å². The van der Waals surface area contributed by atoms with Gasteiger partial charge in [0.1, 0.15) is 0 Å². The second kappa shape index (κ2) is 8.83. The molecule has 0 heterocycles. The summed E-state index contributed by atoms with van der Waals surface area (Å²) in [5, 5.41) is 3.67. The number of nitrogens with one attached hydrogen (secondary N) is 1. The smallest absolute Gasteiger partial charge is 0.0202 e. The summed E-state index contributed by atoms with van der Waals surface area (Å²) in [6.45, 7) is 3.31. The molecule has 0 amide bonds. The van der Waals surface area contributed by atoms with Crippen LogP contribution in [0.2, 0.25) is 0 Å². The van der Waals surface area contributed by atoms with Gasteiger partial charge in [0.2, 0.25) is 0 Å². The highest BCUT2D eigenvalue weighted by atomic mass is 32.2. The number of hydrogen-bond acceptors (Lipinski definition) is 2. The van der Waals surface area contributed by atoms with E-state index in [1.807, 2.05) is 11.8 Å². The van der Waals surface area contributed by atoms with Gasteiger partial charge >= 0.3 is 0 Å². The molecule has 2 aromatic rings. The van der Waals surface area contributed by atoms with Gasteiger partial charge in [-0.05, 0) is 37.1 Å². The maximum atomic E-state index is 3.67. The molecule has 0 aliphatic rings. The van der Waals surface area contributed by atoms with Crippen molar-refractivity contribution in [2.45, 2.75) is 30.7 Å². The summed E-state index contributed by atoms with van der Waals surface area (Å²) in [5.41, 5.74) is 1.41. The summed E-state index contributed by atoms with van der Waals surface area (Å²) in [7, 11) is 0. The molecule has 0 spiro atoms. The van der Waals surface area contributed by atoms with Crippen LogP contribution in [0.1, 0.15) is 18.9 Å². The van der Waals surface area contributed by atoms with Crippen molar-refractivity contribution < 1.29 is 0 Å². The predicted octanol–water partition coefficient (Wildman–Crippen LogP) is 4.39. The molecule has 1 unspecified atom stereocenters. The van der Waals surface area contributed by atoms with Gasteiger partial charge in [-0.15, -0.1) is 11.8 Å². The van der Waals surface area contributed by atoms with E-state index in [2.05, 4.69) is 72.9 Å². The van der Waals surface area contributed by atoms with Crippen LogP contribution in [0.25, 0.3) is 0 Å². The molecular formula is C18H23NS. The summed E-state index contributed by atoms with van der Waals surface area (Å²) in [6, 6.07) is 21.9. The lowest BCUT2D eigenvalue weighted by Gasteiger charge is -2.18. The van der Waals surface area contributed by atoms with E-state index < -0.39 is 0 Å². The third-order valence-electron chi connectivity index (χ3n) is 3.20. The summed E-state index contributed by atoms with van der Waals surface area (Å²) in [6.07, 6.45) is 2.28. The SMILES string of the molecule is CCCNC(CSc1ccccc1)Cc1ccccc1. The third-order valence-corrected chi connectivity index (χ3v) is 4.38. The first-order valence-corrected chi connectivity index (χ1v) is 8.32. The number of thioether (sulfide) groups is 1. The van der Waals surface area contributed by atoms with E-state index in [9.17, 15) is 0 Å². The quantitative estimate of drug-likeness (QED) is 0.722. The predicted molar refractivity (Wildman–Crippen MR) is 89.4 cm³/mol. The van der Waals surface area contributed by atoms with Gasteiger partial charge in [0, 0.05) is 16.7 Å². The first-order chi connectivity index (χ1) is 9.88. The number of hydrogen-bond donors (Lipinski definition) is 1. The van der Waals surface area contributed by atoms with Gasteiger partial charge in [0.25, 0.3) is 0 Å². The lowest BCUT2D eigenvalue weighted by atomic mass is 10.1. The molecular weight excluding hydrogens is 262 g/mol. The summed E-state index contributed by atoms with van der Waals surface area (Å²) in [4.78, 5) is 1.35. The molecule has 0 saturated heterocycles.